The molecule has 0 saturated heterocycles. The number of aromatic nitrogens is 2. The Balaban J connectivity index is 1.95. The van der Waals surface area contributed by atoms with Crippen molar-refractivity contribution in [1.29, 1.82) is 0 Å². The van der Waals surface area contributed by atoms with Crippen LogP contribution in [0.1, 0.15) is 38.1 Å². The van der Waals surface area contributed by atoms with E-state index in [1.165, 1.54) is 6.21 Å². The Kier molecular flexibility index (Phi) is 6.48. The number of ether oxygens (including phenoxy) is 1. The largest absolute Gasteiger partial charge is 0.511 e. The molecule has 2 N–H and O–H groups in total. The van der Waals surface area contributed by atoms with Gasteiger partial charge in [0.15, 0.2) is 5.78 Å². The number of rotatable bonds is 4. The number of methoxy groups -OCH3 is 1. The molecule has 0 radical (unpaired) electrons. The molecule has 1 aromatic heterocycles. The molecule has 0 amide bonds. The highest BCUT2D eigenvalue weighted by atomic mass is 16.5. The summed E-state index contributed by atoms with van der Waals surface area (Å²) in [5, 5.41) is 13.5. The van der Waals surface area contributed by atoms with Crippen molar-refractivity contribution in [2.75, 3.05) is 12.4 Å². The van der Waals surface area contributed by atoms with Gasteiger partial charge in [0.1, 0.15) is 11.5 Å². The SMILES string of the molecule is COc1ccc(NC(/N=C/C2=C(O)CC(C)(C)CC2=O)=N\c2nc(C)cc(C)n2)cc1. The number of guanidine groups is 1. The number of Topliss-reactive ketones (excluding diaryl/α,β-unsaturated/α-hetero) is 1. The van der Waals surface area contributed by atoms with Crippen molar-refractivity contribution in [3.63, 3.8) is 0 Å². The normalized spacial score (nSPS) is 16.7. The third-order valence-corrected chi connectivity index (χ3v) is 4.73. The summed E-state index contributed by atoms with van der Waals surface area (Å²) in [5.74, 6) is 1.05. The number of hydrogen-bond acceptors (Lipinski definition) is 6. The highest BCUT2D eigenvalue weighted by Gasteiger charge is 2.32. The summed E-state index contributed by atoms with van der Waals surface area (Å²) in [6, 6.07) is 9.09. The fraction of sp³-hybridized carbons (Fsp3) is 0.348. The first-order chi connectivity index (χ1) is 14.6. The second kappa shape index (κ2) is 9.07. The minimum absolute atomic E-state index is 0.0384. The second-order valence-electron chi connectivity index (χ2n) is 8.30. The van der Waals surface area contributed by atoms with Crippen molar-refractivity contribution in [2.24, 2.45) is 15.4 Å². The maximum absolute atomic E-state index is 12.5. The molecule has 8 heteroatoms. The maximum Gasteiger partial charge on any atom is 0.253 e. The van der Waals surface area contributed by atoms with E-state index in [0.29, 0.717) is 12.8 Å². The molecule has 0 atom stereocenters. The van der Waals surface area contributed by atoms with E-state index in [0.717, 1.165) is 22.8 Å². The van der Waals surface area contributed by atoms with Crippen LogP contribution in [-0.4, -0.2) is 40.1 Å². The molecule has 1 aromatic carbocycles. The molecule has 31 heavy (non-hydrogen) atoms. The molecule has 1 heterocycles. The van der Waals surface area contributed by atoms with Crippen molar-refractivity contribution in [1.82, 2.24) is 9.97 Å². The molecule has 0 bridgehead atoms. The van der Waals surface area contributed by atoms with Crippen molar-refractivity contribution < 1.29 is 14.6 Å². The number of aliphatic hydroxyl groups is 1. The van der Waals surface area contributed by atoms with Gasteiger partial charge in [0.25, 0.3) is 5.95 Å². The van der Waals surface area contributed by atoms with Crippen LogP contribution in [0.5, 0.6) is 5.75 Å². The lowest BCUT2D eigenvalue weighted by atomic mass is 9.77. The molecule has 1 aliphatic rings. The van der Waals surface area contributed by atoms with Gasteiger partial charge in [-0.3, -0.25) is 4.79 Å². The van der Waals surface area contributed by atoms with Crippen LogP contribution in [-0.2, 0) is 4.79 Å². The predicted molar refractivity (Wildman–Crippen MR) is 121 cm³/mol. The van der Waals surface area contributed by atoms with Gasteiger partial charge in [-0.25, -0.2) is 15.0 Å². The summed E-state index contributed by atoms with van der Waals surface area (Å²) in [6.07, 6.45) is 2.11. The van der Waals surface area contributed by atoms with E-state index in [9.17, 15) is 9.90 Å². The molecule has 162 valence electrons. The summed E-state index contributed by atoms with van der Waals surface area (Å²) in [7, 11) is 1.60. The van der Waals surface area contributed by atoms with Gasteiger partial charge in [-0.1, -0.05) is 13.8 Å². The van der Waals surface area contributed by atoms with Gasteiger partial charge in [0.2, 0.25) is 5.96 Å². The third kappa shape index (κ3) is 5.97. The maximum atomic E-state index is 12.5. The molecular formula is C23H27N5O3. The lowest BCUT2D eigenvalue weighted by Gasteiger charge is -2.28. The number of benzene rings is 1. The summed E-state index contributed by atoms with van der Waals surface area (Å²) in [4.78, 5) is 29.9. The molecule has 3 rings (SSSR count). The van der Waals surface area contributed by atoms with Gasteiger partial charge >= 0.3 is 0 Å². The van der Waals surface area contributed by atoms with Crippen LogP contribution in [0.2, 0.25) is 0 Å². The topological polar surface area (TPSA) is 109 Å². The number of carbonyl (C=O) groups excluding carboxylic acids is 1. The van der Waals surface area contributed by atoms with Crippen molar-refractivity contribution in [3.05, 3.63) is 53.1 Å². The van der Waals surface area contributed by atoms with E-state index >= 15 is 0 Å². The average Bonchev–Trinajstić information content (AvgIpc) is 2.66. The second-order valence-corrected chi connectivity index (χ2v) is 8.30. The first-order valence-electron chi connectivity index (χ1n) is 9.97. The van der Waals surface area contributed by atoms with Crippen LogP contribution < -0.4 is 10.1 Å². The van der Waals surface area contributed by atoms with E-state index in [4.69, 9.17) is 4.74 Å². The van der Waals surface area contributed by atoms with Gasteiger partial charge in [-0.15, -0.1) is 0 Å². The zero-order valence-electron chi connectivity index (χ0n) is 18.4. The van der Waals surface area contributed by atoms with E-state index < -0.39 is 0 Å². The predicted octanol–water partition coefficient (Wildman–Crippen LogP) is 4.47. The quantitative estimate of drug-likeness (QED) is 0.557. The van der Waals surface area contributed by atoms with Gasteiger partial charge in [-0.05, 0) is 49.6 Å². The van der Waals surface area contributed by atoms with Crippen LogP contribution >= 0.6 is 0 Å². The summed E-state index contributed by atoms with van der Waals surface area (Å²) >= 11 is 0. The number of aliphatic hydroxyl groups excluding tert-OH is 1. The first kappa shape index (κ1) is 22.1. The monoisotopic (exact) mass is 421 g/mol. The molecule has 0 spiro atoms. The van der Waals surface area contributed by atoms with Gasteiger partial charge in [0, 0.05) is 36.1 Å². The Morgan fingerprint density at radius 3 is 2.39 bits per heavy atom. The van der Waals surface area contributed by atoms with E-state index in [1.807, 2.05) is 45.9 Å². The Morgan fingerprint density at radius 1 is 1.16 bits per heavy atom. The molecular weight excluding hydrogens is 394 g/mol. The van der Waals surface area contributed by atoms with E-state index in [1.54, 1.807) is 19.2 Å². The molecule has 0 unspecified atom stereocenters. The number of anilines is 1. The molecule has 0 fully saturated rings. The Morgan fingerprint density at radius 2 is 1.81 bits per heavy atom. The standard InChI is InChI=1S/C23H27N5O3/c1-14-10-15(2)26-22(25-14)28-21(27-16-6-8-17(31-5)9-7-16)24-13-18-19(29)11-23(3,4)12-20(18)30/h6-10,13,29H,11-12H2,1-5H3,(H,25,26,27,28)/b24-13+. The number of hydrogen-bond donors (Lipinski definition) is 2. The molecule has 2 aromatic rings. The van der Waals surface area contributed by atoms with Crippen molar-refractivity contribution >= 4 is 29.6 Å². The summed E-state index contributed by atoms with van der Waals surface area (Å²) in [6.45, 7) is 7.62. The fourth-order valence-corrected chi connectivity index (χ4v) is 3.32. The number of ketones is 1. The molecule has 1 aliphatic carbocycles. The number of nitrogens with one attached hydrogen (secondary N) is 1. The van der Waals surface area contributed by atoms with E-state index in [2.05, 4.69) is 25.3 Å². The summed E-state index contributed by atoms with van der Waals surface area (Å²) < 4.78 is 5.18. The first-order valence-corrected chi connectivity index (χ1v) is 9.97. The van der Waals surface area contributed by atoms with Crippen LogP contribution in [0, 0.1) is 19.3 Å². The van der Waals surface area contributed by atoms with Crippen LogP contribution in [0.3, 0.4) is 0 Å². The minimum atomic E-state index is -0.274. The third-order valence-electron chi connectivity index (χ3n) is 4.73. The number of aryl methyl sites for hydroxylation is 2. The smallest absolute Gasteiger partial charge is 0.253 e. The Bertz CT molecular complexity index is 1050. The lowest BCUT2D eigenvalue weighted by molar-refractivity contribution is -0.117. The fourth-order valence-electron chi connectivity index (χ4n) is 3.32. The molecule has 0 saturated carbocycles. The number of carbonyl (C=O) groups is 1. The zero-order valence-corrected chi connectivity index (χ0v) is 18.4. The number of aliphatic imine (C=N–C) groups is 2. The number of nitrogens with zero attached hydrogens (tertiary/aromatic N) is 4. The van der Waals surface area contributed by atoms with E-state index in [-0.39, 0.29) is 34.4 Å². The summed E-state index contributed by atoms with van der Waals surface area (Å²) in [5.41, 5.74) is 2.21. The molecule has 8 nitrogen and oxygen atoms in total. The average molecular weight is 422 g/mol. The lowest BCUT2D eigenvalue weighted by Crippen LogP contribution is -2.26. The van der Waals surface area contributed by atoms with Crippen LogP contribution in [0.25, 0.3) is 0 Å². The minimum Gasteiger partial charge on any atom is -0.511 e. The number of allylic oxidation sites excluding steroid dienone is 2. The highest BCUT2D eigenvalue weighted by Crippen LogP contribution is 2.35. The van der Waals surface area contributed by atoms with Crippen LogP contribution in [0.4, 0.5) is 11.6 Å². The Hall–Kier alpha value is -3.55. The van der Waals surface area contributed by atoms with Crippen LogP contribution in [0.15, 0.2) is 51.6 Å². The van der Waals surface area contributed by atoms with Crippen molar-refractivity contribution in [2.45, 2.75) is 40.5 Å². The highest BCUT2D eigenvalue weighted by molar-refractivity contribution is 6.17. The van der Waals surface area contributed by atoms with Gasteiger partial charge in [-0.2, -0.15) is 4.99 Å². The molecule has 0 aliphatic heterocycles. The van der Waals surface area contributed by atoms with Crippen molar-refractivity contribution in [3.8, 4) is 5.75 Å². The van der Waals surface area contributed by atoms with Gasteiger partial charge in [0.05, 0.1) is 12.7 Å². The van der Waals surface area contributed by atoms with Gasteiger partial charge < -0.3 is 15.2 Å². The zero-order chi connectivity index (χ0) is 22.6. The Labute approximate surface area is 181 Å².